The average Bonchev–Trinajstić information content (AvgIpc) is 3.40. The number of carbonyl (C=O) groups is 2. The average molecular weight is 327 g/mol. The van der Waals surface area contributed by atoms with E-state index in [0.717, 1.165) is 12.8 Å². The van der Waals surface area contributed by atoms with Gasteiger partial charge in [0, 0.05) is 24.3 Å². The Morgan fingerprint density at radius 1 is 1.17 bits per heavy atom. The molecule has 1 aliphatic rings. The zero-order valence-electron chi connectivity index (χ0n) is 13.1. The van der Waals surface area contributed by atoms with Gasteiger partial charge in [-0.15, -0.1) is 0 Å². The van der Waals surface area contributed by atoms with Crippen molar-refractivity contribution >= 4 is 11.8 Å². The molecular formula is C18H18FN3O2. The molecule has 1 heterocycles. The van der Waals surface area contributed by atoms with Gasteiger partial charge < -0.3 is 10.6 Å². The summed E-state index contributed by atoms with van der Waals surface area (Å²) in [5.74, 6) is -0.865. The van der Waals surface area contributed by atoms with Crippen molar-refractivity contribution in [3.8, 4) is 0 Å². The van der Waals surface area contributed by atoms with E-state index in [1.807, 2.05) is 0 Å². The first-order chi connectivity index (χ1) is 11.6. The number of rotatable bonds is 6. The third kappa shape index (κ3) is 4.16. The fourth-order valence-electron chi connectivity index (χ4n) is 2.29. The Balaban J connectivity index is 1.56. The fraction of sp³-hybridized carbons (Fsp3) is 0.278. The highest BCUT2D eigenvalue weighted by Crippen LogP contribution is 2.19. The van der Waals surface area contributed by atoms with E-state index < -0.39 is 0 Å². The van der Waals surface area contributed by atoms with E-state index in [0.29, 0.717) is 24.1 Å². The molecule has 5 nitrogen and oxygen atoms in total. The predicted molar refractivity (Wildman–Crippen MR) is 87.2 cm³/mol. The van der Waals surface area contributed by atoms with Crippen LogP contribution in [0, 0.1) is 5.82 Å². The third-order valence-corrected chi connectivity index (χ3v) is 3.81. The lowest BCUT2D eigenvalue weighted by Crippen LogP contribution is -2.28. The van der Waals surface area contributed by atoms with Crippen LogP contribution in [0.1, 0.15) is 39.3 Å². The van der Waals surface area contributed by atoms with E-state index in [2.05, 4.69) is 15.6 Å². The molecular weight excluding hydrogens is 309 g/mol. The van der Waals surface area contributed by atoms with E-state index in [1.54, 1.807) is 24.3 Å². The number of hydrogen-bond donors (Lipinski definition) is 2. The maximum Gasteiger partial charge on any atom is 0.269 e. The number of pyridine rings is 1. The van der Waals surface area contributed by atoms with Gasteiger partial charge in [-0.25, -0.2) is 4.39 Å². The fourth-order valence-corrected chi connectivity index (χ4v) is 2.29. The summed E-state index contributed by atoms with van der Waals surface area (Å²) in [4.78, 5) is 28.1. The summed E-state index contributed by atoms with van der Waals surface area (Å²) >= 11 is 0. The molecule has 3 rings (SSSR count). The minimum Gasteiger partial charge on any atom is -0.350 e. The molecule has 6 heteroatoms. The zero-order valence-corrected chi connectivity index (χ0v) is 13.1. The number of halogens is 1. The Labute approximate surface area is 139 Å². The van der Waals surface area contributed by atoms with E-state index in [4.69, 9.17) is 0 Å². The first kappa shape index (κ1) is 16.1. The Hall–Kier alpha value is -2.76. The molecule has 2 aromatic rings. The van der Waals surface area contributed by atoms with Crippen molar-refractivity contribution in [3.05, 3.63) is 65.2 Å². The van der Waals surface area contributed by atoms with Gasteiger partial charge in [0.15, 0.2) is 0 Å². The van der Waals surface area contributed by atoms with Gasteiger partial charge in [-0.2, -0.15) is 0 Å². The van der Waals surface area contributed by atoms with Crippen LogP contribution in [0.25, 0.3) is 0 Å². The van der Waals surface area contributed by atoms with Crippen molar-refractivity contribution in [1.29, 1.82) is 0 Å². The van der Waals surface area contributed by atoms with Gasteiger partial charge in [0.25, 0.3) is 11.8 Å². The molecule has 0 unspecified atom stereocenters. The van der Waals surface area contributed by atoms with Gasteiger partial charge in [-0.05, 0) is 43.0 Å². The van der Waals surface area contributed by atoms with E-state index >= 15 is 0 Å². The molecule has 0 radical (unpaired) electrons. The predicted octanol–water partition coefficient (Wildman–Crippen LogP) is 2.09. The van der Waals surface area contributed by atoms with Crippen LogP contribution in [0.15, 0.2) is 42.6 Å². The van der Waals surface area contributed by atoms with Crippen LogP contribution in [0.5, 0.6) is 0 Å². The maximum atomic E-state index is 13.5. The highest BCUT2D eigenvalue weighted by atomic mass is 19.1. The van der Waals surface area contributed by atoms with Crippen LogP contribution in [-0.4, -0.2) is 29.4 Å². The number of benzene rings is 1. The van der Waals surface area contributed by atoms with Gasteiger partial charge in [0.05, 0.1) is 0 Å². The lowest BCUT2D eigenvalue weighted by Gasteiger charge is -2.07. The topological polar surface area (TPSA) is 71.1 Å². The Morgan fingerprint density at radius 3 is 2.71 bits per heavy atom. The molecule has 0 atom stereocenters. The second-order valence-electron chi connectivity index (χ2n) is 5.77. The van der Waals surface area contributed by atoms with Crippen molar-refractivity contribution in [2.24, 2.45) is 0 Å². The quantitative estimate of drug-likeness (QED) is 0.853. The van der Waals surface area contributed by atoms with Crippen molar-refractivity contribution in [2.45, 2.75) is 25.3 Å². The van der Waals surface area contributed by atoms with E-state index in [9.17, 15) is 14.0 Å². The molecule has 24 heavy (non-hydrogen) atoms. The van der Waals surface area contributed by atoms with E-state index in [-0.39, 0.29) is 29.4 Å². The summed E-state index contributed by atoms with van der Waals surface area (Å²) in [5, 5.41) is 5.56. The number of carbonyl (C=O) groups excluding carboxylic acids is 2. The molecule has 124 valence electrons. The summed E-state index contributed by atoms with van der Waals surface area (Å²) in [6, 6.07) is 9.75. The normalized spacial score (nSPS) is 13.4. The molecule has 0 spiro atoms. The summed E-state index contributed by atoms with van der Waals surface area (Å²) in [6.45, 7) is 0.292. The summed E-state index contributed by atoms with van der Waals surface area (Å²) < 4.78 is 13.5. The SMILES string of the molecule is O=C(NC1CC1)c1ccnc(C(=O)NCCc2ccccc2F)c1. The summed E-state index contributed by atoms with van der Waals surface area (Å²) in [6.07, 6.45) is 3.83. The molecule has 2 amide bonds. The minimum absolute atomic E-state index is 0.173. The minimum atomic E-state index is -0.382. The van der Waals surface area contributed by atoms with Crippen molar-refractivity contribution in [3.63, 3.8) is 0 Å². The molecule has 1 aliphatic carbocycles. The van der Waals surface area contributed by atoms with Crippen molar-refractivity contribution < 1.29 is 14.0 Å². The van der Waals surface area contributed by atoms with Crippen LogP contribution < -0.4 is 10.6 Å². The van der Waals surface area contributed by atoms with Gasteiger partial charge >= 0.3 is 0 Å². The van der Waals surface area contributed by atoms with Gasteiger partial charge in [0.2, 0.25) is 0 Å². The monoisotopic (exact) mass is 327 g/mol. The largest absolute Gasteiger partial charge is 0.350 e. The van der Waals surface area contributed by atoms with Crippen molar-refractivity contribution in [1.82, 2.24) is 15.6 Å². The smallest absolute Gasteiger partial charge is 0.269 e. The van der Waals surface area contributed by atoms with Gasteiger partial charge in [0.1, 0.15) is 11.5 Å². The van der Waals surface area contributed by atoms with E-state index in [1.165, 1.54) is 18.3 Å². The highest BCUT2D eigenvalue weighted by molar-refractivity contribution is 5.98. The molecule has 1 fully saturated rings. The van der Waals surface area contributed by atoms with Crippen LogP contribution in [0.3, 0.4) is 0 Å². The molecule has 1 saturated carbocycles. The van der Waals surface area contributed by atoms with Crippen LogP contribution >= 0.6 is 0 Å². The van der Waals surface area contributed by atoms with Crippen LogP contribution in [-0.2, 0) is 6.42 Å². The zero-order chi connectivity index (χ0) is 16.9. The van der Waals surface area contributed by atoms with Gasteiger partial charge in [-0.1, -0.05) is 18.2 Å². The van der Waals surface area contributed by atoms with Gasteiger partial charge in [-0.3, -0.25) is 14.6 Å². The number of nitrogens with one attached hydrogen (secondary N) is 2. The lowest BCUT2D eigenvalue weighted by atomic mass is 10.1. The molecule has 0 bridgehead atoms. The third-order valence-electron chi connectivity index (χ3n) is 3.81. The number of aromatic nitrogens is 1. The molecule has 1 aromatic heterocycles. The lowest BCUT2D eigenvalue weighted by molar-refractivity contribution is 0.0949. The second-order valence-corrected chi connectivity index (χ2v) is 5.77. The molecule has 0 aliphatic heterocycles. The maximum absolute atomic E-state index is 13.5. The van der Waals surface area contributed by atoms with Crippen LogP contribution in [0.4, 0.5) is 4.39 Å². The first-order valence-electron chi connectivity index (χ1n) is 7.92. The number of amides is 2. The first-order valence-corrected chi connectivity index (χ1v) is 7.92. The molecule has 0 saturated heterocycles. The molecule has 1 aromatic carbocycles. The Morgan fingerprint density at radius 2 is 1.96 bits per heavy atom. The summed E-state index contributed by atoms with van der Waals surface area (Å²) in [7, 11) is 0. The number of nitrogens with zero attached hydrogens (tertiary/aromatic N) is 1. The van der Waals surface area contributed by atoms with Crippen molar-refractivity contribution in [2.75, 3.05) is 6.54 Å². The Bertz CT molecular complexity index is 759. The number of hydrogen-bond acceptors (Lipinski definition) is 3. The summed E-state index contributed by atoms with van der Waals surface area (Å²) in [5.41, 5.74) is 1.13. The highest BCUT2D eigenvalue weighted by Gasteiger charge is 2.24. The molecule has 2 N–H and O–H groups in total. The second kappa shape index (κ2) is 7.21. The standard InChI is InChI=1S/C18H18FN3O2/c19-15-4-2-1-3-12(15)7-10-21-18(24)16-11-13(8-9-20-16)17(23)22-14-5-6-14/h1-4,8-9,11,14H,5-7,10H2,(H,21,24)(H,22,23). The van der Waals surface area contributed by atoms with Crippen LogP contribution in [0.2, 0.25) is 0 Å². The Kier molecular flexibility index (Phi) is 4.84.